The average molecular weight is 306 g/mol. The van der Waals surface area contributed by atoms with Gasteiger partial charge in [0.1, 0.15) is 0 Å². The summed E-state index contributed by atoms with van der Waals surface area (Å²) in [7, 11) is 0. The third-order valence-electron chi connectivity index (χ3n) is 2.69. The summed E-state index contributed by atoms with van der Waals surface area (Å²) in [5.74, 6) is 1.26. The number of amides is 1. The Bertz CT molecular complexity index is 601. The molecule has 0 aromatic heterocycles. The number of benzene rings is 2. The number of rotatable bonds is 5. The van der Waals surface area contributed by atoms with E-state index in [2.05, 4.69) is 30.4 Å². The highest BCUT2D eigenvalue weighted by atomic mass is 35.5. The van der Waals surface area contributed by atoms with Crippen LogP contribution in [0.2, 0.25) is 5.02 Å². The monoisotopic (exact) mass is 305 g/mol. The number of anilines is 1. The number of thioether (sulfide) groups is 1. The van der Waals surface area contributed by atoms with Gasteiger partial charge in [-0.1, -0.05) is 47.5 Å². The predicted molar refractivity (Wildman–Crippen MR) is 87.4 cm³/mol. The first-order chi connectivity index (χ1) is 9.63. The summed E-state index contributed by atoms with van der Waals surface area (Å²) in [4.78, 5) is 11.8. The summed E-state index contributed by atoms with van der Waals surface area (Å²) in [6.07, 6.45) is 0. The Kier molecular flexibility index (Phi) is 5.50. The molecule has 104 valence electrons. The van der Waals surface area contributed by atoms with E-state index < -0.39 is 0 Å². The van der Waals surface area contributed by atoms with E-state index in [4.69, 9.17) is 11.6 Å². The van der Waals surface area contributed by atoms with Gasteiger partial charge in [0.2, 0.25) is 5.91 Å². The minimum absolute atomic E-state index is 0.00933. The van der Waals surface area contributed by atoms with Gasteiger partial charge in [0.05, 0.1) is 5.75 Å². The molecule has 1 N–H and O–H groups in total. The standard InChI is InChI=1S/C16H16ClNOS/c1-12-4-2-5-13(8-12)10-20-11-16(19)18-15-7-3-6-14(17)9-15/h2-9H,10-11H2,1H3,(H,18,19). The molecule has 1 amide bonds. The second-order valence-electron chi connectivity index (χ2n) is 4.54. The summed E-state index contributed by atoms with van der Waals surface area (Å²) >= 11 is 7.47. The van der Waals surface area contributed by atoms with Crippen LogP contribution in [0.5, 0.6) is 0 Å². The smallest absolute Gasteiger partial charge is 0.234 e. The van der Waals surface area contributed by atoms with Crippen molar-refractivity contribution in [1.82, 2.24) is 0 Å². The lowest BCUT2D eigenvalue weighted by atomic mass is 10.2. The van der Waals surface area contributed by atoms with Gasteiger partial charge in [0.25, 0.3) is 0 Å². The molecule has 0 fully saturated rings. The van der Waals surface area contributed by atoms with Crippen molar-refractivity contribution in [2.45, 2.75) is 12.7 Å². The fourth-order valence-electron chi connectivity index (χ4n) is 1.83. The molecule has 0 unspecified atom stereocenters. The average Bonchev–Trinajstić information content (AvgIpc) is 2.38. The first-order valence-corrected chi connectivity index (χ1v) is 7.85. The van der Waals surface area contributed by atoms with Crippen LogP contribution in [0.15, 0.2) is 48.5 Å². The topological polar surface area (TPSA) is 29.1 Å². The number of aryl methyl sites for hydroxylation is 1. The van der Waals surface area contributed by atoms with Crippen molar-refractivity contribution in [3.8, 4) is 0 Å². The van der Waals surface area contributed by atoms with E-state index in [1.807, 2.05) is 18.2 Å². The molecule has 2 nitrogen and oxygen atoms in total. The third-order valence-corrected chi connectivity index (χ3v) is 3.93. The fourth-order valence-corrected chi connectivity index (χ4v) is 2.79. The van der Waals surface area contributed by atoms with Gasteiger partial charge < -0.3 is 5.32 Å². The lowest BCUT2D eigenvalue weighted by molar-refractivity contribution is -0.113. The highest BCUT2D eigenvalue weighted by Gasteiger charge is 2.03. The Labute approximate surface area is 128 Å². The molecule has 0 heterocycles. The first-order valence-electron chi connectivity index (χ1n) is 6.32. The summed E-state index contributed by atoms with van der Waals surface area (Å²) < 4.78 is 0. The molecule has 0 radical (unpaired) electrons. The van der Waals surface area contributed by atoms with Crippen molar-refractivity contribution in [2.75, 3.05) is 11.1 Å². The maximum atomic E-state index is 11.8. The molecule has 0 aliphatic carbocycles. The van der Waals surface area contributed by atoms with Gasteiger partial charge >= 0.3 is 0 Å². The van der Waals surface area contributed by atoms with Crippen LogP contribution in [0.25, 0.3) is 0 Å². The second-order valence-corrected chi connectivity index (χ2v) is 5.96. The molecule has 0 atom stereocenters. The molecule has 2 rings (SSSR count). The summed E-state index contributed by atoms with van der Waals surface area (Å²) in [6, 6.07) is 15.5. The molecule has 0 saturated carbocycles. The molecular formula is C16H16ClNOS. The minimum atomic E-state index is -0.00933. The SMILES string of the molecule is Cc1cccc(CSCC(=O)Nc2cccc(Cl)c2)c1. The van der Waals surface area contributed by atoms with E-state index in [1.54, 1.807) is 23.9 Å². The van der Waals surface area contributed by atoms with Gasteiger partial charge in [0, 0.05) is 16.5 Å². The largest absolute Gasteiger partial charge is 0.325 e. The van der Waals surface area contributed by atoms with Crippen LogP contribution in [-0.4, -0.2) is 11.7 Å². The third kappa shape index (κ3) is 4.91. The maximum absolute atomic E-state index is 11.8. The quantitative estimate of drug-likeness (QED) is 0.880. The lowest BCUT2D eigenvalue weighted by Gasteiger charge is -2.06. The number of hydrogen-bond acceptors (Lipinski definition) is 2. The number of carbonyl (C=O) groups is 1. The van der Waals surface area contributed by atoms with Crippen molar-refractivity contribution in [3.05, 3.63) is 64.7 Å². The first kappa shape index (κ1) is 14.9. The zero-order valence-electron chi connectivity index (χ0n) is 11.2. The molecule has 20 heavy (non-hydrogen) atoms. The molecule has 2 aromatic rings. The van der Waals surface area contributed by atoms with E-state index in [9.17, 15) is 4.79 Å². The van der Waals surface area contributed by atoms with Gasteiger partial charge in [-0.05, 0) is 30.7 Å². The Hall–Kier alpha value is -1.45. The zero-order valence-corrected chi connectivity index (χ0v) is 12.8. The van der Waals surface area contributed by atoms with Crippen molar-refractivity contribution >= 4 is 35.0 Å². The van der Waals surface area contributed by atoms with Crippen LogP contribution >= 0.6 is 23.4 Å². The van der Waals surface area contributed by atoms with E-state index in [1.165, 1.54) is 11.1 Å². The van der Waals surface area contributed by atoms with Gasteiger partial charge in [-0.25, -0.2) is 0 Å². The normalized spacial score (nSPS) is 10.3. The van der Waals surface area contributed by atoms with Crippen LogP contribution in [0.4, 0.5) is 5.69 Å². The number of halogens is 1. The molecule has 0 aliphatic heterocycles. The Morgan fingerprint density at radius 3 is 2.75 bits per heavy atom. The van der Waals surface area contributed by atoms with Crippen LogP contribution in [0.1, 0.15) is 11.1 Å². The molecule has 4 heteroatoms. The minimum Gasteiger partial charge on any atom is -0.325 e. The van der Waals surface area contributed by atoms with Crippen molar-refractivity contribution in [2.24, 2.45) is 0 Å². The molecule has 0 aliphatic rings. The second kappa shape index (κ2) is 7.36. The van der Waals surface area contributed by atoms with Crippen LogP contribution < -0.4 is 5.32 Å². The van der Waals surface area contributed by atoms with E-state index in [0.29, 0.717) is 10.8 Å². The van der Waals surface area contributed by atoms with E-state index in [0.717, 1.165) is 11.4 Å². The van der Waals surface area contributed by atoms with Gasteiger partial charge in [0.15, 0.2) is 0 Å². The van der Waals surface area contributed by atoms with Crippen LogP contribution in [-0.2, 0) is 10.5 Å². The van der Waals surface area contributed by atoms with Gasteiger partial charge in [-0.3, -0.25) is 4.79 Å². The van der Waals surface area contributed by atoms with Crippen LogP contribution in [0.3, 0.4) is 0 Å². The highest BCUT2D eigenvalue weighted by molar-refractivity contribution is 7.99. The number of carbonyl (C=O) groups excluding carboxylic acids is 1. The van der Waals surface area contributed by atoms with Crippen molar-refractivity contribution < 1.29 is 4.79 Å². The van der Waals surface area contributed by atoms with E-state index in [-0.39, 0.29) is 5.91 Å². The molecule has 0 saturated heterocycles. The van der Waals surface area contributed by atoms with Gasteiger partial charge in [-0.15, -0.1) is 11.8 Å². The van der Waals surface area contributed by atoms with Crippen molar-refractivity contribution in [1.29, 1.82) is 0 Å². The zero-order chi connectivity index (χ0) is 14.4. The lowest BCUT2D eigenvalue weighted by Crippen LogP contribution is -2.14. The summed E-state index contributed by atoms with van der Waals surface area (Å²) in [6.45, 7) is 2.07. The maximum Gasteiger partial charge on any atom is 0.234 e. The molecule has 0 spiro atoms. The summed E-state index contributed by atoms with van der Waals surface area (Å²) in [5.41, 5.74) is 3.22. The van der Waals surface area contributed by atoms with E-state index >= 15 is 0 Å². The van der Waals surface area contributed by atoms with Crippen molar-refractivity contribution in [3.63, 3.8) is 0 Å². The number of hydrogen-bond donors (Lipinski definition) is 1. The molecule has 0 bridgehead atoms. The molecule has 2 aromatic carbocycles. The van der Waals surface area contributed by atoms with Crippen LogP contribution in [0, 0.1) is 6.92 Å². The Morgan fingerprint density at radius 1 is 1.20 bits per heavy atom. The fraction of sp³-hybridized carbons (Fsp3) is 0.188. The molecular weight excluding hydrogens is 290 g/mol. The predicted octanol–water partition coefficient (Wildman–Crippen LogP) is 4.52. The Morgan fingerprint density at radius 2 is 2.00 bits per heavy atom. The number of nitrogens with one attached hydrogen (secondary N) is 1. The summed E-state index contributed by atoms with van der Waals surface area (Å²) in [5, 5.41) is 3.46. The van der Waals surface area contributed by atoms with Gasteiger partial charge in [-0.2, -0.15) is 0 Å². The Balaban J connectivity index is 1.78. The highest BCUT2D eigenvalue weighted by Crippen LogP contribution is 2.17.